The van der Waals surface area contributed by atoms with E-state index in [2.05, 4.69) is 18.3 Å². The fourth-order valence-electron chi connectivity index (χ4n) is 1.73. The lowest BCUT2D eigenvalue weighted by Crippen LogP contribution is -2.32. The zero-order chi connectivity index (χ0) is 12.7. The van der Waals surface area contributed by atoms with Gasteiger partial charge in [-0.25, -0.2) is 4.39 Å². The Hall–Kier alpha value is -1.56. The maximum atomic E-state index is 12.8. The summed E-state index contributed by atoms with van der Waals surface area (Å²) >= 11 is 0. The van der Waals surface area contributed by atoms with E-state index in [1.54, 1.807) is 12.1 Å². The van der Waals surface area contributed by atoms with Gasteiger partial charge in [-0.3, -0.25) is 0 Å². The molecule has 0 aliphatic heterocycles. The van der Waals surface area contributed by atoms with Gasteiger partial charge in [-0.15, -0.1) is 0 Å². The Balaban J connectivity index is 2.62. The van der Waals surface area contributed by atoms with Crippen LogP contribution < -0.4 is 5.32 Å². The molecule has 1 unspecified atom stereocenters. The third-order valence-electron chi connectivity index (χ3n) is 2.79. The largest absolute Gasteiger partial charge is 0.368 e. The van der Waals surface area contributed by atoms with Crippen LogP contribution >= 0.6 is 0 Å². The molecule has 17 heavy (non-hydrogen) atoms. The molecule has 0 amide bonds. The van der Waals surface area contributed by atoms with Crippen molar-refractivity contribution in [1.29, 1.82) is 5.26 Å². The highest BCUT2D eigenvalue weighted by Crippen LogP contribution is 2.21. The van der Waals surface area contributed by atoms with Gasteiger partial charge in [-0.2, -0.15) is 5.26 Å². The predicted molar refractivity (Wildman–Crippen MR) is 68.2 cm³/mol. The van der Waals surface area contributed by atoms with E-state index in [-0.39, 0.29) is 5.82 Å². The zero-order valence-electron chi connectivity index (χ0n) is 10.5. The van der Waals surface area contributed by atoms with Gasteiger partial charge in [0.2, 0.25) is 0 Å². The van der Waals surface area contributed by atoms with Crippen LogP contribution in [-0.4, -0.2) is 5.54 Å². The standard InChI is InChI=1S/C14H19FN2/c1-3-4-5-10-14(2,11-16)17-13-8-6-12(15)7-9-13/h6-9,17H,3-5,10H2,1-2H3. The molecular formula is C14H19FN2. The van der Waals surface area contributed by atoms with Crippen molar-refractivity contribution in [3.63, 3.8) is 0 Å². The second-order valence-corrected chi connectivity index (χ2v) is 4.53. The Kier molecular flexibility index (Phi) is 4.96. The molecule has 92 valence electrons. The maximum Gasteiger partial charge on any atom is 0.123 e. The number of halogens is 1. The van der Waals surface area contributed by atoms with Crippen molar-refractivity contribution in [2.24, 2.45) is 0 Å². The van der Waals surface area contributed by atoms with Crippen molar-refractivity contribution in [3.05, 3.63) is 30.1 Å². The molecule has 0 spiro atoms. The molecule has 0 saturated carbocycles. The Bertz CT molecular complexity index is 380. The molecule has 0 aliphatic carbocycles. The second kappa shape index (κ2) is 6.24. The summed E-state index contributed by atoms with van der Waals surface area (Å²) in [6.07, 6.45) is 4.09. The summed E-state index contributed by atoms with van der Waals surface area (Å²) in [5.74, 6) is -0.264. The first-order valence-electron chi connectivity index (χ1n) is 6.04. The van der Waals surface area contributed by atoms with Crippen molar-refractivity contribution in [1.82, 2.24) is 0 Å². The second-order valence-electron chi connectivity index (χ2n) is 4.53. The highest BCUT2D eigenvalue weighted by molar-refractivity contribution is 5.47. The van der Waals surface area contributed by atoms with Gasteiger partial charge in [0, 0.05) is 5.69 Å². The number of nitrogens with zero attached hydrogens (tertiary/aromatic N) is 1. The Morgan fingerprint density at radius 3 is 2.47 bits per heavy atom. The molecule has 0 aliphatic rings. The van der Waals surface area contributed by atoms with Crippen molar-refractivity contribution in [2.75, 3.05) is 5.32 Å². The van der Waals surface area contributed by atoms with Crippen LogP contribution in [0.25, 0.3) is 0 Å². The van der Waals surface area contributed by atoms with E-state index in [1.165, 1.54) is 12.1 Å². The molecule has 0 bridgehead atoms. The molecule has 0 aromatic heterocycles. The monoisotopic (exact) mass is 234 g/mol. The van der Waals surface area contributed by atoms with E-state index >= 15 is 0 Å². The number of hydrogen-bond donors (Lipinski definition) is 1. The number of hydrogen-bond acceptors (Lipinski definition) is 2. The number of benzene rings is 1. The van der Waals surface area contributed by atoms with Crippen LogP contribution in [0.15, 0.2) is 24.3 Å². The number of nitrogens with one attached hydrogen (secondary N) is 1. The average Bonchev–Trinajstić information content (AvgIpc) is 2.33. The Morgan fingerprint density at radius 2 is 1.94 bits per heavy atom. The van der Waals surface area contributed by atoms with Gasteiger partial charge in [0.15, 0.2) is 0 Å². The Morgan fingerprint density at radius 1 is 1.29 bits per heavy atom. The lowest BCUT2D eigenvalue weighted by molar-refractivity contribution is 0.538. The van der Waals surface area contributed by atoms with E-state index in [4.69, 9.17) is 0 Å². The van der Waals surface area contributed by atoms with E-state index in [1.807, 2.05) is 6.92 Å². The van der Waals surface area contributed by atoms with E-state index in [9.17, 15) is 9.65 Å². The predicted octanol–water partition coefficient (Wildman–Crippen LogP) is 4.10. The normalized spacial score (nSPS) is 13.8. The number of rotatable bonds is 6. The van der Waals surface area contributed by atoms with Gasteiger partial charge < -0.3 is 5.32 Å². The number of nitriles is 1. The quantitative estimate of drug-likeness (QED) is 0.752. The first-order chi connectivity index (χ1) is 8.09. The topological polar surface area (TPSA) is 35.8 Å². The fraction of sp³-hybridized carbons (Fsp3) is 0.500. The first-order valence-corrected chi connectivity index (χ1v) is 6.04. The zero-order valence-corrected chi connectivity index (χ0v) is 10.5. The smallest absolute Gasteiger partial charge is 0.123 e. The summed E-state index contributed by atoms with van der Waals surface area (Å²) in [4.78, 5) is 0. The van der Waals surface area contributed by atoms with Gasteiger partial charge in [0.1, 0.15) is 11.4 Å². The summed E-state index contributed by atoms with van der Waals surface area (Å²) in [7, 11) is 0. The lowest BCUT2D eigenvalue weighted by atomic mass is 9.95. The molecule has 0 saturated heterocycles. The summed E-state index contributed by atoms with van der Waals surface area (Å²) in [5, 5.41) is 12.4. The van der Waals surface area contributed by atoms with Crippen molar-refractivity contribution >= 4 is 5.69 Å². The van der Waals surface area contributed by atoms with Gasteiger partial charge in [0.25, 0.3) is 0 Å². The molecular weight excluding hydrogens is 215 g/mol. The van der Waals surface area contributed by atoms with Crippen molar-refractivity contribution in [2.45, 2.75) is 45.1 Å². The minimum Gasteiger partial charge on any atom is -0.368 e. The molecule has 0 radical (unpaired) electrons. The summed E-state index contributed by atoms with van der Waals surface area (Å²) < 4.78 is 12.8. The first kappa shape index (κ1) is 13.5. The van der Waals surface area contributed by atoms with E-state index < -0.39 is 5.54 Å². The molecule has 1 aromatic carbocycles. The summed E-state index contributed by atoms with van der Waals surface area (Å²) in [5.41, 5.74) is 0.208. The summed E-state index contributed by atoms with van der Waals surface area (Å²) in [6.45, 7) is 4.02. The number of anilines is 1. The SMILES string of the molecule is CCCCCC(C)(C#N)Nc1ccc(F)cc1. The average molecular weight is 234 g/mol. The maximum absolute atomic E-state index is 12.8. The van der Waals surface area contributed by atoms with Crippen LogP contribution in [-0.2, 0) is 0 Å². The molecule has 1 atom stereocenters. The van der Waals surface area contributed by atoms with Crippen LogP contribution in [0.3, 0.4) is 0 Å². The van der Waals surface area contributed by atoms with Gasteiger partial charge in [0.05, 0.1) is 6.07 Å². The minimum atomic E-state index is -0.576. The third-order valence-corrected chi connectivity index (χ3v) is 2.79. The molecule has 3 heteroatoms. The van der Waals surface area contributed by atoms with Crippen LogP contribution in [0.5, 0.6) is 0 Å². The minimum absolute atomic E-state index is 0.264. The van der Waals surface area contributed by atoms with Gasteiger partial charge in [-0.05, 0) is 37.6 Å². The van der Waals surface area contributed by atoms with E-state index in [0.29, 0.717) is 0 Å². The van der Waals surface area contributed by atoms with Crippen LogP contribution in [0.4, 0.5) is 10.1 Å². The molecule has 0 heterocycles. The number of unbranched alkanes of at least 4 members (excludes halogenated alkanes) is 2. The third kappa shape index (κ3) is 4.44. The molecule has 2 nitrogen and oxygen atoms in total. The van der Waals surface area contributed by atoms with Crippen molar-refractivity contribution in [3.8, 4) is 6.07 Å². The van der Waals surface area contributed by atoms with Gasteiger partial charge >= 0.3 is 0 Å². The summed E-state index contributed by atoms with van der Waals surface area (Å²) in [6, 6.07) is 8.40. The molecule has 1 rings (SSSR count). The van der Waals surface area contributed by atoms with Crippen LogP contribution in [0.2, 0.25) is 0 Å². The van der Waals surface area contributed by atoms with Gasteiger partial charge in [-0.1, -0.05) is 26.2 Å². The molecule has 1 N–H and O–H groups in total. The van der Waals surface area contributed by atoms with E-state index in [0.717, 1.165) is 31.4 Å². The van der Waals surface area contributed by atoms with Crippen molar-refractivity contribution < 1.29 is 4.39 Å². The highest BCUT2D eigenvalue weighted by atomic mass is 19.1. The van der Waals surface area contributed by atoms with Crippen LogP contribution in [0.1, 0.15) is 39.5 Å². The molecule has 0 fully saturated rings. The fourth-order valence-corrected chi connectivity index (χ4v) is 1.73. The van der Waals surface area contributed by atoms with Crippen LogP contribution in [0, 0.1) is 17.1 Å². The molecule has 1 aromatic rings. The highest BCUT2D eigenvalue weighted by Gasteiger charge is 2.22. The Labute approximate surface area is 102 Å². The lowest BCUT2D eigenvalue weighted by Gasteiger charge is -2.24.